The number of thiazole rings is 1. The third-order valence-electron chi connectivity index (χ3n) is 4.51. The topological polar surface area (TPSA) is 79.2 Å². The van der Waals surface area contributed by atoms with Crippen molar-refractivity contribution in [2.75, 3.05) is 13.1 Å². The van der Waals surface area contributed by atoms with Gasteiger partial charge in [-0.25, -0.2) is 19.7 Å². The number of carbonyl (C=O) groups is 1. The molecule has 30 heavy (non-hydrogen) atoms. The average molecular weight is 436 g/mol. The first kappa shape index (κ1) is 21.8. The Kier molecular flexibility index (Phi) is 7.11. The van der Waals surface area contributed by atoms with Crippen LogP contribution in [0.3, 0.4) is 0 Å². The third-order valence-corrected chi connectivity index (χ3v) is 5.27. The van der Waals surface area contributed by atoms with Gasteiger partial charge in [0.2, 0.25) is 0 Å². The number of nitrogens with zero attached hydrogens (tertiary/aromatic N) is 4. The maximum absolute atomic E-state index is 10.6. The van der Waals surface area contributed by atoms with Crippen LogP contribution in [0, 0.1) is 0 Å². The summed E-state index contributed by atoms with van der Waals surface area (Å²) in [6.07, 6.45) is 0.470. The molecule has 3 heterocycles. The minimum atomic E-state index is -5.08. The molecular formula is C20H19F3N4O2S. The summed E-state index contributed by atoms with van der Waals surface area (Å²) in [5.41, 5.74) is 4.77. The van der Waals surface area contributed by atoms with E-state index in [-0.39, 0.29) is 0 Å². The summed E-state index contributed by atoms with van der Waals surface area (Å²) >= 11 is 1.73. The molecular weight excluding hydrogens is 417 g/mol. The highest BCUT2D eigenvalue weighted by atomic mass is 32.1. The molecule has 3 aromatic rings. The number of carboxylic acids is 1. The number of aromatic nitrogens is 3. The predicted molar refractivity (Wildman–Crippen MR) is 106 cm³/mol. The molecule has 1 aliphatic heterocycles. The lowest BCUT2D eigenvalue weighted by molar-refractivity contribution is -0.192. The first-order valence-electron chi connectivity index (χ1n) is 9.13. The van der Waals surface area contributed by atoms with E-state index in [2.05, 4.69) is 44.1 Å². The largest absolute Gasteiger partial charge is 0.490 e. The van der Waals surface area contributed by atoms with Crippen LogP contribution >= 0.6 is 11.3 Å². The zero-order valence-electron chi connectivity index (χ0n) is 15.8. The summed E-state index contributed by atoms with van der Waals surface area (Å²) in [6, 6.07) is 10.4. The zero-order valence-corrected chi connectivity index (χ0v) is 16.7. The van der Waals surface area contributed by atoms with Crippen molar-refractivity contribution >= 4 is 17.3 Å². The molecule has 0 atom stereocenters. The van der Waals surface area contributed by atoms with E-state index in [1.54, 1.807) is 17.7 Å². The van der Waals surface area contributed by atoms with E-state index in [0.29, 0.717) is 0 Å². The Morgan fingerprint density at radius 2 is 1.80 bits per heavy atom. The van der Waals surface area contributed by atoms with Gasteiger partial charge < -0.3 is 5.11 Å². The first-order chi connectivity index (χ1) is 14.3. The van der Waals surface area contributed by atoms with Gasteiger partial charge in [-0.3, -0.25) is 4.90 Å². The second-order valence-corrected chi connectivity index (χ2v) is 7.50. The molecule has 0 saturated carbocycles. The lowest BCUT2D eigenvalue weighted by Crippen LogP contribution is -2.25. The van der Waals surface area contributed by atoms with Crippen LogP contribution in [-0.2, 0) is 24.2 Å². The number of hydrogen-bond donors (Lipinski definition) is 1. The van der Waals surface area contributed by atoms with Gasteiger partial charge in [0.1, 0.15) is 11.3 Å². The van der Waals surface area contributed by atoms with Crippen molar-refractivity contribution in [2.45, 2.75) is 25.6 Å². The van der Waals surface area contributed by atoms with Gasteiger partial charge in [0, 0.05) is 47.9 Å². The molecule has 6 nitrogen and oxygen atoms in total. The highest BCUT2D eigenvalue weighted by molar-refractivity contribution is 7.09. The predicted octanol–water partition coefficient (Wildman–Crippen LogP) is 3.83. The van der Waals surface area contributed by atoms with Crippen LogP contribution in [0.2, 0.25) is 0 Å². The number of alkyl halides is 3. The Balaban J connectivity index is 0.000000318. The third kappa shape index (κ3) is 5.83. The molecule has 0 amide bonds. The fourth-order valence-corrected chi connectivity index (χ4v) is 3.76. The second kappa shape index (κ2) is 9.77. The Hall–Kier alpha value is -2.85. The molecule has 1 aromatic carbocycles. The van der Waals surface area contributed by atoms with E-state index in [0.717, 1.165) is 38.2 Å². The normalized spacial score (nSPS) is 14.2. The number of aliphatic carboxylic acids is 1. The van der Waals surface area contributed by atoms with Crippen LogP contribution in [0.1, 0.15) is 16.3 Å². The van der Waals surface area contributed by atoms with Crippen LogP contribution < -0.4 is 0 Å². The maximum Gasteiger partial charge on any atom is 0.490 e. The van der Waals surface area contributed by atoms with Crippen molar-refractivity contribution < 1.29 is 23.1 Å². The molecule has 1 N–H and O–H groups in total. The Bertz CT molecular complexity index is 966. The standard InChI is InChI=1S/C18H18N4S.C2HF3O2/c1-2-4-14(5-3-1)18-15-6-9-22(12-17-19-8-11-23-17)10-7-16(15)20-13-21-18;3-2(4,5)1(6)7/h1-5,8,11,13H,6-7,9-10,12H2;(H,6,7). The summed E-state index contributed by atoms with van der Waals surface area (Å²) in [6.45, 7) is 2.98. The summed E-state index contributed by atoms with van der Waals surface area (Å²) in [7, 11) is 0. The van der Waals surface area contributed by atoms with Crippen molar-refractivity contribution in [1.82, 2.24) is 19.9 Å². The number of hydrogen-bond acceptors (Lipinski definition) is 6. The SMILES string of the molecule is O=C(O)C(F)(F)F.c1ccc(-c2ncnc3c2CCN(Cc2nccs2)CC3)cc1. The van der Waals surface area contributed by atoms with E-state index in [1.807, 2.05) is 17.6 Å². The molecule has 0 saturated heterocycles. The highest BCUT2D eigenvalue weighted by Crippen LogP contribution is 2.26. The lowest BCUT2D eigenvalue weighted by atomic mass is 10.0. The van der Waals surface area contributed by atoms with Crippen molar-refractivity contribution in [1.29, 1.82) is 0 Å². The molecule has 0 spiro atoms. The molecule has 158 valence electrons. The Morgan fingerprint density at radius 1 is 1.10 bits per heavy atom. The number of rotatable bonds is 3. The van der Waals surface area contributed by atoms with Gasteiger partial charge >= 0.3 is 12.1 Å². The van der Waals surface area contributed by atoms with E-state index in [9.17, 15) is 13.2 Å². The monoisotopic (exact) mass is 436 g/mol. The molecule has 2 aromatic heterocycles. The van der Waals surface area contributed by atoms with E-state index in [1.165, 1.54) is 21.8 Å². The van der Waals surface area contributed by atoms with E-state index in [4.69, 9.17) is 9.90 Å². The van der Waals surface area contributed by atoms with Gasteiger partial charge in [-0.15, -0.1) is 11.3 Å². The van der Waals surface area contributed by atoms with E-state index < -0.39 is 12.1 Å². The number of fused-ring (bicyclic) bond motifs is 1. The van der Waals surface area contributed by atoms with Crippen LogP contribution in [0.15, 0.2) is 48.2 Å². The molecule has 0 radical (unpaired) electrons. The second-order valence-electron chi connectivity index (χ2n) is 6.52. The quantitative estimate of drug-likeness (QED) is 0.672. The van der Waals surface area contributed by atoms with Gasteiger partial charge in [-0.2, -0.15) is 13.2 Å². The maximum atomic E-state index is 10.6. The van der Waals surface area contributed by atoms with Gasteiger partial charge in [0.15, 0.2) is 0 Å². The molecule has 0 aliphatic carbocycles. The first-order valence-corrected chi connectivity index (χ1v) is 10.0. The number of benzene rings is 1. The summed E-state index contributed by atoms with van der Waals surface area (Å²) in [4.78, 5) is 24.9. The van der Waals surface area contributed by atoms with E-state index >= 15 is 0 Å². The van der Waals surface area contributed by atoms with Gasteiger partial charge in [0.05, 0.1) is 12.2 Å². The molecule has 0 fully saturated rings. The molecule has 0 bridgehead atoms. The minimum Gasteiger partial charge on any atom is -0.475 e. The molecule has 0 unspecified atom stereocenters. The molecule has 10 heteroatoms. The van der Waals surface area contributed by atoms with Crippen molar-refractivity contribution in [2.24, 2.45) is 0 Å². The van der Waals surface area contributed by atoms with Crippen LogP contribution in [0.4, 0.5) is 13.2 Å². The fraction of sp³-hybridized carbons (Fsp3) is 0.300. The van der Waals surface area contributed by atoms with Crippen molar-refractivity contribution in [3.63, 3.8) is 0 Å². The zero-order chi connectivity index (χ0) is 21.6. The highest BCUT2D eigenvalue weighted by Gasteiger charge is 2.38. The molecule has 4 rings (SSSR count). The van der Waals surface area contributed by atoms with Crippen LogP contribution in [0.5, 0.6) is 0 Å². The lowest BCUT2D eigenvalue weighted by Gasteiger charge is -2.17. The fourth-order valence-electron chi connectivity index (χ4n) is 3.10. The average Bonchev–Trinajstić information content (AvgIpc) is 3.15. The van der Waals surface area contributed by atoms with Gasteiger partial charge in [-0.05, 0) is 6.42 Å². The Labute approximate surface area is 175 Å². The molecule has 1 aliphatic rings. The Morgan fingerprint density at radius 3 is 2.43 bits per heavy atom. The van der Waals surface area contributed by atoms with Crippen molar-refractivity contribution in [3.8, 4) is 11.3 Å². The van der Waals surface area contributed by atoms with Crippen LogP contribution in [0.25, 0.3) is 11.3 Å². The number of halogens is 3. The summed E-state index contributed by atoms with van der Waals surface area (Å²) in [5, 5.41) is 10.4. The van der Waals surface area contributed by atoms with Crippen LogP contribution in [-0.4, -0.2) is 50.2 Å². The minimum absolute atomic E-state index is 0.930. The van der Waals surface area contributed by atoms with Crippen molar-refractivity contribution in [3.05, 3.63) is 64.5 Å². The summed E-state index contributed by atoms with van der Waals surface area (Å²) in [5.74, 6) is -2.76. The summed E-state index contributed by atoms with van der Waals surface area (Å²) < 4.78 is 31.7. The van der Waals surface area contributed by atoms with Gasteiger partial charge in [0.25, 0.3) is 0 Å². The number of carboxylic acid groups (broad SMARTS) is 1. The smallest absolute Gasteiger partial charge is 0.475 e. The van der Waals surface area contributed by atoms with Gasteiger partial charge in [-0.1, -0.05) is 30.3 Å².